The molecular formula is C14H21BrN4O3. The number of carbonyl (C=O) groups excluding carboxylic acids is 1. The zero-order valence-corrected chi connectivity index (χ0v) is 14.3. The van der Waals surface area contributed by atoms with Crippen LogP contribution in [-0.2, 0) is 14.3 Å². The molecule has 0 spiro atoms. The molecule has 3 rings (SSSR count). The van der Waals surface area contributed by atoms with Crippen LogP contribution >= 0.6 is 15.9 Å². The van der Waals surface area contributed by atoms with Crippen LogP contribution in [0.2, 0.25) is 0 Å². The van der Waals surface area contributed by atoms with E-state index in [4.69, 9.17) is 9.47 Å². The number of hydrogen-bond acceptors (Lipinski definition) is 5. The lowest BCUT2D eigenvalue weighted by molar-refractivity contribution is -0.335. The van der Waals surface area contributed by atoms with Crippen molar-refractivity contribution in [2.75, 3.05) is 13.3 Å². The molecule has 2 unspecified atom stereocenters. The van der Waals surface area contributed by atoms with Crippen molar-refractivity contribution in [3.05, 3.63) is 16.6 Å². The smallest absolute Gasteiger partial charge is 0.240 e. The van der Waals surface area contributed by atoms with Crippen LogP contribution in [0.25, 0.3) is 0 Å². The van der Waals surface area contributed by atoms with Gasteiger partial charge in [0.2, 0.25) is 12.3 Å². The van der Waals surface area contributed by atoms with E-state index in [1.165, 1.54) is 0 Å². The lowest BCUT2D eigenvalue weighted by Gasteiger charge is -2.35. The number of aromatic amines is 1. The van der Waals surface area contributed by atoms with Gasteiger partial charge in [-0.3, -0.25) is 10.1 Å². The molecule has 0 radical (unpaired) electrons. The molecule has 0 bridgehead atoms. The van der Waals surface area contributed by atoms with Crippen molar-refractivity contribution in [3.63, 3.8) is 0 Å². The van der Waals surface area contributed by atoms with Crippen molar-refractivity contribution < 1.29 is 14.3 Å². The van der Waals surface area contributed by atoms with Crippen LogP contribution in [0.4, 0.5) is 0 Å². The second-order valence-corrected chi connectivity index (χ2v) is 6.83. The standard InChI is InChI=1S/C14H21BrN4O3/c1-8(2)11(18-14-21-7-22-14)13(20)19-5-3-4-9(19)12-16-6-10(15)17-12/h6,8-9,11,14,18H,3-5,7H2,1-2H3,(H,16,17). The summed E-state index contributed by atoms with van der Waals surface area (Å²) in [4.78, 5) is 22.4. The highest BCUT2D eigenvalue weighted by Gasteiger charge is 2.38. The summed E-state index contributed by atoms with van der Waals surface area (Å²) in [7, 11) is 0. The zero-order valence-electron chi connectivity index (χ0n) is 12.7. The van der Waals surface area contributed by atoms with Crippen LogP contribution in [0.5, 0.6) is 0 Å². The Morgan fingerprint density at radius 3 is 2.86 bits per heavy atom. The molecule has 0 aliphatic carbocycles. The lowest BCUT2D eigenvalue weighted by Crippen LogP contribution is -2.56. The average Bonchev–Trinajstić information content (AvgIpc) is 3.04. The predicted octanol–water partition coefficient (Wildman–Crippen LogP) is 1.74. The van der Waals surface area contributed by atoms with Crippen LogP contribution in [0.1, 0.15) is 38.6 Å². The molecule has 3 heterocycles. The number of rotatable bonds is 5. The third-order valence-corrected chi connectivity index (χ3v) is 4.51. The average molecular weight is 373 g/mol. The third-order valence-electron chi connectivity index (χ3n) is 4.10. The van der Waals surface area contributed by atoms with E-state index >= 15 is 0 Å². The molecule has 2 aliphatic heterocycles. The molecule has 2 saturated heterocycles. The van der Waals surface area contributed by atoms with Crippen LogP contribution < -0.4 is 5.32 Å². The Morgan fingerprint density at radius 1 is 1.55 bits per heavy atom. The Bertz CT molecular complexity index is 532. The molecular weight excluding hydrogens is 352 g/mol. The van der Waals surface area contributed by atoms with Crippen molar-refractivity contribution >= 4 is 21.8 Å². The quantitative estimate of drug-likeness (QED) is 0.822. The van der Waals surface area contributed by atoms with Crippen molar-refractivity contribution in [2.24, 2.45) is 5.92 Å². The highest BCUT2D eigenvalue weighted by Crippen LogP contribution is 2.32. The first kappa shape index (κ1) is 15.9. The molecule has 0 aromatic carbocycles. The van der Waals surface area contributed by atoms with Crippen molar-refractivity contribution in [1.29, 1.82) is 0 Å². The second-order valence-electron chi connectivity index (χ2n) is 5.98. The van der Waals surface area contributed by atoms with Crippen molar-refractivity contribution in [1.82, 2.24) is 20.2 Å². The Labute approximate surface area is 137 Å². The molecule has 7 nitrogen and oxygen atoms in total. The van der Waals surface area contributed by atoms with Gasteiger partial charge in [-0.1, -0.05) is 13.8 Å². The van der Waals surface area contributed by atoms with Gasteiger partial charge in [-0.05, 0) is 34.7 Å². The largest absolute Gasteiger partial charge is 0.335 e. The topological polar surface area (TPSA) is 79.5 Å². The van der Waals surface area contributed by atoms with Gasteiger partial charge in [0.05, 0.1) is 18.3 Å². The highest BCUT2D eigenvalue weighted by atomic mass is 79.9. The van der Waals surface area contributed by atoms with E-state index < -0.39 is 6.41 Å². The number of imidazole rings is 1. The second kappa shape index (κ2) is 6.66. The summed E-state index contributed by atoms with van der Waals surface area (Å²) in [6.07, 6.45) is 3.16. The first-order valence-corrected chi connectivity index (χ1v) is 8.35. The number of ether oxygens (including phenoxy) is 2. The van der Waals surface area contributed by atoms with Gasteiger partial charge < -0.3 is 19.4 Å². The molecule has 2 aliphatic rings. The molecule has 1 aromatic rings. The van der Waals surface area contributed by atoms with E-state index in [0.717, 1.165) is 29.8 Å². The number of amides is 1. The summed E-state index contributed by atoms with van der Waals surface area (Å²) in [6, 6.07) is -0.325. The van der Waals surface area contributed by atoms with Crippen LogP contribution in [0.3, 0.4) is 0 Å². The molecule has 0 saturated carbocycles. The Kier molecular flexibility index (Phi) is 4.82. The molecule has 2 N–H and O–H groups in total. The van der Waals surface area contributed by atoms with Gasteiger partial charge >= 0.3 is 0 Å². The molecule has 2 fully saturated rings. The summed E-state index contributed by atoms with van der Waals surface area (Å²) < 4.78 is 11.3. The molecule has 2 atom stereocenters. The number of carbonyl (C=O) groups is 1. The fraction of sp³-hybridized carbons (Fsp3) is 0.714. The molecule has 122 valence electrons. The lowest BCUT2D eigenvalue weighted by atomic mass is 10.0. The van der Waals surface area contributed by atoms with Gasteiger partial charge in [-0.2, -0.15) is 0 Å². The van der Waals surface area contributed by atoms with Gasteiger partial charge in [0.15, 0.2) is 6.79 Å². The summed E-state index contributed by atoms with van der Waals surface area (Å²) in [5.41, 5.74) is 0. The van der Waals surface area contributed by atoms with Crippen molar-refractivity contribution in [2.45, 2.75) is 45.2 Å². The van der Waals surface area contributed by atoms with Crippen LogP contribution in [0, 0.1) is 5.92 Å². The highest BCUT2D eigenvalue weighted by molar-refractivity contribution is 9.10. The Hall–Kier alpha value is -0.960. The van der Waals surface area contributed by atoms with E-state index in [1.54, 1.807) is 6.20 Å². The summed E-state index contributed by atoms with van der Waals surface area (Å²) in [5.74, 6) is 1.05. The first-order chi connectivity index (χ1) is 10.6. The van der Waals surface area contributed by atoms with Gasteiger partial charge in [-0.25, -0.2) is 4.98 Å². The number of likely N-dealkylation sites (tertiary alicyclic amines) is 1. The summed E-state index contributed by atoms with van der Waals surface area (Å²) >= 11 is 3.37. The monoisotopic (exact) mass is 372 g/mol. The summed E-state index contributed by atoms with van der Waals surface area (Å²) in [6.45, 7) is 5.06. The minimum absolute atomic E-state index is 0.00470. The van der Waals surface area contributed by atoms with Gasteiger partial charge in [0, 0.05) is 6.54 Å². The fourth-order valence-electron chi connectivity index (χ4n) is 2.90. The normalized spacial score (nSPS) is 23.8. The number of aromatic nitrogens is 2. The fourth-order valence-corrected chi connectivity index (χ4v) is 3.21. The maximum atomic E-state index is 13.0. The minimum Gasteiger partial charge on any atom is -0.335 e. The van der Waals surface area contributed by atoms with E-state index in [0.29, 0.717) is 0 Å². The van der Waals surface area contributed by atoms with Gasteiger partial charge in [-0.15, -0.1) is 0 Å². The Balaban J connectivity index is 1.73. The number of nitrogens with one attached hydrogen (secondary N) is 2. The summed E-state index contributed by atoms with van der Waals surface area (Å²) in [5, 5.41) is 3.13. The number of halogens is 1. The van der Waals surface area contributed by atoms with E-state index in [9.17, 15) is 4.79 Å². The molecule has 22 heavy (non-hydrogen) atoms. The van der Waals surface area contributed by atoms with E-state index in [1.807, 2.05) is 18.7 Å². The third kappa shape index (κ3) is 3.19. The maximum absolute atomic E-state index is 13.0. The minimum atomic E-state index is -0.477. The van der Waals surface area contributed by atoms with E-state index in [2.05, 4.69) is 31.2 Å². The molecule has 8 heteroatoms. The van der Waals surface area contributed by atoms with Gasteiger partial charge in [0.1, 0.15) is 10.4 Å². The number of hydrogen-bond donors (Lipinski definition) is 2. The number of H-pyrrole nitrogens is 1. The number of nitrogens with zero attached hydrogens (tertiary/aromatic N) is 2. The zero-order chi connectivity index (χ0) is 15.7. The van der Waals surface area contributed by atoms with E-state index in [-0.39, 0.29) is 30.7 Å². The molecule has 1 amide bonds. The van der Waals surface area contributed by atoms with Crippen LogP contribution in [0.15, 0.2) is 10.8 Å². The first-order valence-electron chi connectivity index (χ1n) is 7.56. The van der Waals surface area contributed by atoms with Crippen LogP contribution in [-0.4, -0.2) is 46.6 Å². The van der Waals surface area contributed by atoms with Gasteiger partial charge in [0.25, 0.3) is 0 Å². The Morgan fingerprint density at radius 2 is 2.32 bits per heavy atom. The van der Waals surface area contributed by atoms with Crippen molar-refractivity contribution in [3.8, 4) is 0 Å². The predicted molar refractivity (Wildman–Crippen MR) is 82.6 cm³/mol. The maximum Gasteiger partial charge on any atom is 0.240 e. The molecule has 1 aromatic heterocycles. The SMILES string of the molecule is CC(C)C(NC1OCO1)C(=O)N1CCCC1c1ncc(Br)[nH]1.